The van der Waals surface area contributed by atoms with Crippen LogP contribution in [0, 0.1) is 0 Å². The van der Waals surface area contributed by atoms with E-state index in [1.807, 2.05) is 6.07 Å². The quantitative estimate of drug-likeness (QED) is 0.563. The summed E-state index contributed by atoms with van der Waals surface area (Å²) in [7, 11) is 0. The van der Waals surface area contributed by atoms with Gasteiger partial charge in [0, 0.05) is 5.02 Å². The van der Waals surface area contributed by atoms with Crippen LogP contribution in [0.4, 0.5) is 18.9 Å². The minimum atomic E-state index is -4.50. The van der Waals surface area contributed by atoms with E-state index in [0.717, 1.165) is 11.8 Å². The van der Waals surface area contributed by atoms with Gasteiger partial charge in [-0.1, -0.05) is 35.5 Å². The first-order valence-electron chi connectivity index (χ1n) is 7.57. The van der Waals surface area contributed by atoms with Crippen molar-refractivity contribution in [3.63, 3.8) is 0 Å². The van der Waals surface area contributed by atoms with Gasteiger partial charge in [0.2, 0.25) is 5.91 Å². The fourth-order valence-electron chi connectivity index (χ4n) is 2.11. The Morgan fingerprint density at radius 3 is 2.78 bits per heavy atom. The summed E-state index contributed by atoms with van der Waals surface area (Å²) in [4.78, 5) is 16.4. The Kier molecular flexibility index (Phi) is 5.81. The van der Waals surface area contributed by atoms with Gasteiger partial charge in [-0.05, 0) is 30.3 Å². The highest BCUT2D eigenvalue weighted by Gasteiger charge is 2.29. The van der Waals surface area contributed by atoms with Crippen LogP contribution in [0.2, 0.25) is 5.02 Å². The Balaban J connectivity index is 1.63. The summed E-state index contributed by atoms with van der Waals surface area (Å²) in [5.74, 6) is -0.656. The number of oxazole rings is 1. The number of carbonyl (C=O) groups excluding carboxylic acids is 1. The summed E-state index contributed by atoms with van der Waals surface area (Å²) < 4.78 is 47.3. The Morgan fingerprint density at radius 1 is 1.26 bits per heavy atom. The summed E-state index contributed by atoms with van der Waals surface area (Å²) in [5.41, 5.74) is 1.31. The molecule has 1 amide bonds. The largest absolute Gasteiger partial charge is 0.482 e. The molecule has 0 radical (unpaired) electrons. The molecule has 27 heavy (non-hydrogen) atoms. The first-order valence-corrected chi connectivity index (χ1v) is 8.94. The zero-order valence-corrected chi connectivity index (χ0v) is 15.1. The molecule has 0 fully saturated rings. The van der Waals surface area contributed by atoms with Crippen molar-refractivity contribution >= 4 is 46.1 Å². The molecule has 0 saturated carbocycles. The van der Waals surface area contributed by atoms with Crippen LogP contribution in [0.5, 0.6) is 5.75 Å². The lowest BCUT2D eigenvalue weighted by molar-refractivity contribution is -0.153. The van der Waals surface area contributed by atoms with Crippen LogP contribution >= 0.6 is 23.4 Å². The molecule has 0 unspecified atom stereocenters. The topological polar surface area (TPSA) is 64.4 Å². The molecule has 1 heterocycles. The van der Waals surface area contributed by atoms with Crippen LogP contribution in [-0.2, 0) is 4.79 Å². The number of fused-ring (bicyclic) bond motifs is 1. The van der Waals surface area contributed by atoms with E-state index in [-0.39, 0.29) is 22.2 Å². The molecule has 0 saturated heterocycles. The van der Waals surface area contributed by atoms with Crippen molar-refractivity contribution in [3.05, 3.63) is 47.5 Å². The maximum absolute atomic E-state index is 12.4. The zero-order valence-electron chi connectivity index (χ0n) is 13.5. The van der Waals surface area contributed by atoms with Crippen LogP contribution in [0.25, 0.3) is 11.1 Å². The number of thioether (sulfide) groups is 1. The number of nitrogens with one attached hydrogen (secondary N) is 1. The van der Waals surface area contributed by atoms with Gasteiger partial charge in [0.25, 0.3) is 5.22 Å². The number of carbonyl (C=O) groups is 1. The standard InChI is InChI=1S/C17H12ClF3N2O3S/c18-10-5-6-13(25-9-17(19,20)21)12(7-10)22-15(24)8-27-16-23-11-3-1-2-4-14(11)26-16/h1-7H,8-9H2,(H,22,24). The normalized spacial score (nSPS) is 11.6. The molecule has 0 aliphatic heterocycles. The van der Waals surface area contributed by atoms with Crippen molar-refractivity contribution in [2.24, 2.45) is 0 Å². The molecule has 0 aliphatic carbocycles. The minimum absolute atomic E-state index is 0.0508. The molecule has 142 valence electrons. The molecular formula is C17H12ClF3N2O3S. The number of ether oxygens (including phenoxy) is 1. The number of hydrogen-bond donors (Lipinski definition) is 1. The lowest BCUT2D eigenvalue weighted by atomic mass is 10.3. The molecule has 0 spiro atoms. The highest BCUT2D eigenvalue weighted by Crippen LogP contribution is 2.30. The van der Waals surface area contributed by atoms with Gasteiger partial charge in [0.15, 0.2) is 12.2 Å². The monoisotopic (exact) mass is 416 g/mol. The number of hydrogen-bond acceptors (Lipinski definition) is 5. The van der Waals surface area contributed by atoms with Gasteiger partial charge in [0.1, 0.15) is 11.3 Å². The molecule has 1 N–H and O–H groups in total. The average Bonchev–Trinajstić information content (AvgIpc) is 3.01. The van der Waals surface area contributed by atoms with Crippen LogP contribution in [0.1, 0.15) is 0 Å². The van der Waals surface area contributed by atoms with Gasteiger partial charge < -0.3 is 14.5 Å². The smallest absolute Gasteiger partial charge is 0.422 e. The predicted molar refractivity (Wildman–Crippen MR) is 96.4 cm³/mol. The van der Waals surface area contributed by atoms with Crippen molar-refractivity contribution in [2.75, 3.05) is 17.7 Å². The number of amides is 1. The molecule has 0 aliphatic rings. The lowest BCUT2D eigenvalue weighted by Crippen LogP contribution is -2.20. The minimum Gasteiger partial charge on any atom is -0.482 e. The fourth-order valence-corrected chi connectivity index (χ4v) is 2.92. The van der Waals surface area contributed by atoms with E-state index in [1.165, 1.54) is 18.2 Å². The third-order valence-corrected chi connectivity index (χ3v) is 4.27. The van der Waals surface area contributed by atoms with Crippen molar-refractivity contribution in [1.29, 1.82) is 0 Å². The van der Waals surface area contributed by atoms with Crippen molar-refractivity contribution in [2.45, 2.75) is 11.4 Å². The molecule has 0 atom stereocenters. The molecule has 3 rings (SSSR count). The average molecular weight is 417 g/mol. The number of anilines is 1. The molecule has 1 aromatic heterocycles. The van der Waals surface area contributed by atoms with Crippen LogP contribution in [-0.4, -0.2) is 29.4 Å². The fraction of sp³-hybridized carbons (Fsp3) is 0.176. The van der Waals surface area contributed by atoms with E-state index in [1.54, 1.807) is 18.2 Å². The molecular weight excluding hydrogens is 405 g/mol. The van der Waals surface area contributed by atoms with Crippen LogP contribution in [0.15, 0.2) is 52.1 Å². The van der Waals surface area contributed by atoms with Crippen molar-refractivity contribution in [3.8, 4) is 5.75 Å². The Hall–Kier alpha value is -2.39. The van der Waals surface area contributed by atoms with E-state index in [0.29, 0.717) is 16.3 Å². The lowest BCUT2D eigenvalue weighted by Gasteiger charge is -2.14. The van der Waals surface area contributed by atoms with Crippen molar-refractivity contribution in [1.82, 2.24) is 4.98 Å². The molecule has 10 heteroatoms. The summed E-state index contributed by atoms with van der Waals surface area (Å²) in [6, 6.07) is 11.1. The zero-order chi connectivity index (χ0) is 19.4. The highest BCUT2D eigenvalue weighted by molar-refractivity contribution is 7.99. The number of aromatic nitrogens is 1. The molecule has 3 aromatic rings. The van der Waals surface area contributed by atoms with E-state index in [2.05, 4.69) is 10.3 Å². The van der Waals surface area contributed by atoms with Gasteiger partial charge in [0.05, 0.1) is 11.4 Å². The predicted octanol–water partition coefficient (Wildman–Crippen LogP) is 5.15. The summed E-state index contributed by atoms with van der Waals surface area (Å²) in [5, 5.41) is 3.04. The molecule has 2 aromatic carbocycles. The van der Waals surface area contributed by atoms with Crippen LogP contribution in [0.3, 0.4) is 0 Å². The highest BCUT2D eigenvalue weighted by atomic mass is 35.5. The van der Waals surface area contributed by atoms with Crippen molar-refractivity contribution < 1.29 is 27.1 Å². The second-order valence-corrected chi connectivity index (χ2v) is 6.69. The van der Waals surface area contributed by atoms with E-state index in [9.17, 15) is 18.0 Å². The number of para-hydroxylation sites is 2. The maximum atomic E-state index is 12.4. The van der Waals surface area contributed by atoms with E-state index < -0.39 is 18.7 Å². The van der Waals surface area contributed by atoms with Crippen LogP contribution < -0.4 is 10.1 Å². The summed E-state index contributed by atoms with van der Waals surface area (Å²) in [6.45, 7) is -1.48. The van der Waals surface area contributed by atoms with Gasteiger partial charge in [-0.25, -0.2) is 4.98 Å². The van der Waals surface area contributed by atoms with Gasteiger partial charge >= 0.3 is 6.18 Å². The van der Waals surface area contributed by atoms with Gasteiger partial charge in [-0.3, -0.25) is 4.79 Å². The number of nitrogens with zero attached hydrogens (tertiary/aromatic N) is 1. The first-order chi connectivity index (χ1) is 12.8. The summed E-state index contributed by atoms with van der Waals surface area (Å²) >= 11 is 6.91. The van der Waals surface area contributed by atoms with E-state index in [4.69, 9.17) is 20.8 Å². The number of alkyl halides is 3. The maximum Gasteiger partial charge on any atom is 0.422 e. The Morgan fingerprint density at radius 2 is 2.04 bits per heavy atom. The third kappa shape index (κ3) is 5.54. The Labute approximate surface area is 160 Å². The molecule has 5 nitrogen and oxygen atoms in total. The first kappa shape index (κ1) is 19.4. The second-order valence-electron chi connectivity index (χ2n) is 5.33. The number of rotatable bonds is 6. The van der Waals surface area contributed by atoms with Gasteiger partial charge in [-0.2, -0.15) is 13.2 Å². The third-order valence-electron chi connectivity index (χ3n) is 3.21. The second kappa shape index (κ2) is 8.10. The SMILES string of the molecule is O=C(CSc1nc2ccccc2o1)Nc1cc(Cl)ccc1OCC(F)(F)F. The Bertz CT molecular complexity index is 929. The summed E-state index contributed by atoms with van der Waals surface area (Å²) in [6.07, 6.45) is -4.50. The van der Waals surface area contributed by atoms with Gasteiger partial charge in [-0.15, -0.1) is 0 Å². The van der Waals surface area contributed by atoms with E-state index >= 15 is 0 Å². The number of halogens is 4. The molecule has 0 bridgehead atoms. The number of benzene rings is 2.